The second-order valence-electron chi connectivity index (χ2n) is 5.62. The van der Waals surface area contributed by atoms with Crippen molar-refractivity contribution in [2.45, 2.75) is 43.5 Å². The molecule has 0 saturated heterocycles. The van der Waals surface area contributed by atoms with E-state index in [2.05, 4.69) is 4.72 Å². The number of sulfonamides is 1. The van der Waals surface area contributed by atoms with Gasteiger partial charge in [-0.3, -0.25) is 0 Å². The molecular weight excluding hydrogens is 322 g/mol. The summed E-state index contributed by atoms with van der Waals surface area (Å²) >= 11 is 0. The van der Waals surface area contributed by atoms with E-state index < -0.39 is 19.1 Å². The predicted octanol–water partition coefficient (Wildman–Crippen LogP) is 2.33. The van der Waals surface area contributed by atoms with E-state index in [0.29, 0.717) is 0 Å². The molecular formula is C12H18ClNO4S2. The molecule has 5 nitrogen and oxygen atoms in total. The summed E-state index contributed by atoms with van der Waals surface area (Å²) in [7, 11) is -2.55. The predicted molar refractivity (Wildman–Crippen MR) is 78.7 cm³/mol. The van der Waals surface area contributed by atoms with E-state index in [0.717, 1.165) is 6.07 Å². The van der Waals surface area contributed by atoms with Gasteiger partial charge in [0.2, 0.25) is 10.0 Å². The Bertz CT molecular complexity index is 690. The lowest BCUT2D eigenvalue weighted by molar-refractivity contribution is 0.317. The molecule has 0 aliphatic rings. The van der Waals surface area contributed by atoms with Gasteiger partial charge in [0.1, 0.15) is 0 Å². The van der Waals surface area contributed by atoms with Crippen LogP contribution in [0.5, 0.6) is 0 Å². The monoisotopic (exact) mass is 339 g/mol. The quantitative estimate of drug-likeness (QED) is 0.854. The summed E-state index contributed by atoms with van der Waals surface area (Å²) in [4.78, 5) is -0.374. The largest absolute Gasteiger partial charge is 0.261 e. The Morgan fingerprint density at radius 1 is 1.10 bits per heavy atom. The Morgan fingerprint density at radius 2 is 1.60 bits per heavy atom. The average Bonchev–Trinajstić information content (AvgIpc) is 2.26. The van der Waals surface area contributed by atoms with Crippen molar-refractivity contribution in [3.63, 3.8) is 0 Å². The van der Waals surface area contributed by atoms with Gasteiger partial charge < -0.3 is 0 Å². The van der Waals surface area contributed by atoms with Crippen LogP contribution in [0.4, 0.5) is 0 Å². The molecule has 0 fully saturated rings. The van der Waals surface area contributed by atoms with E-state index in [1.807, 2.05) is 20.8 Å². The highest BCUT2D eigenvalue weighted by Crippen LogP contribution is 2.23. The van der Waals surface area contributed by atoms with Crippen LogP contribution >= 0.6 is 10.7 Å². The van der Waals surface area contributed by atoms with E-state index in [4.69, 9.17) is 10.7 Å². The van der Waals surface area contributed by atoms with Crippen LogP contribution in [0.15, 0.2) is 34.1 Å². The van der Waals surface area contributed by atoms with E-state index in [-0.39, 0.29) is 21.2 Å². The van der Waals surface area contributed by atoms with Crippen molar-refractivity contribution in [2.24, 2.45) is 5.41 Å². The summed E-state index contributed by atoms with van der Waals surface area (Å²) in [6.45, 7) is 7.46. The number of hydrogen-bond donors (Lipinski definition) is 1. The third-order valence-corrected chi connectivity index (χ3v) is 5.92. The van der Waals surface area contributed by atoms with Crippen LogP contribution in [0, 0.1) is 5.41 Å². The lowest BCUT2D eigenvalue weighted by atomic mass is 9.89. The molecule has 0 bridgehead atoms. The Hall–Kier alpha value is -0.630. The first-order valence-corrected chi connectivity index (χ1v) is 9.70. The molecule has 1 aromatic carbocycles. The highest BCUT2D eigenvalue weighted by Gasteiger charge is 2.26. The minimum atomic E-state index is -3.96. The van der Waals surface area contributed by atoms with Crippen molar-refractivity contribution in [1.29, 1.82) is 0 Å². The molecule has 0 aliphatic carbocycles. The lowest BCUT2D eigenvalue weighted by Crippen LogP contribution is -2.41. The molecule has 1 rings (SSSR count). The molecule has 0 heterocycles. The highest BCUT2D eigenvalue weighted by atomic mass is 35.7. The van der Waals surface area contributed by atoms with Crippen LogP contribution in [0.3, 0.4) is 0 Å². The molecule has 0 spiro atoms. The molecule has 0 radical (unpaired) electrons. The van der Waals surface area contributed by atoms with Gasteiger partial charge >= 0.3 is 0 Å². The number of nitrogens with one attached hydrogen (secondary N) is 1. The first-order valence-electron chi connectivity index (χ1n) is 5.91. The van der Waals surface area contributed by atoms with Crippen molar-refractivity contribution in [2.75, 3.05) is 0 Å². The normalized spacial score (nSPS) is 15.1. The van der Waals surface area contributed by atoms with Crippen LogP contribution < -0.4 is 4.72 Å². The van der Waals surface area contributed by atoms with Crippen molar-refractivity contribution in [1.82, 2.24) is 4.72 Å². The average molecular weight is 340 g/mol. The van der Waals surface area contributed by atoms with Crippen LogP contribution in [-0.2, 0) is 19.1 Å². The molecule has 8 heteroatoms. The number of halogens is 1. The molecule has 1 N–H and O–H groups in total. The number of hydrogen-bond acceptors (Lipinski definition) is 4. The maximum Gasteiger partial charge on any atom is 0.261 e. The van der Waals surface area contributed by atoms with Gasteiger partial charge in [-0.25, -0.2) is 21.6 Å². The fraction of sp³-hybridized carbons (Fsp3) is 0.500. The molecule has 114 valence electrons. The Morgan fingerprint density at radius 3 is 2.05 bits per heavy atom. The second kappa shape index (κ2) is 5.63. The van der Waals surface area contributed by atoms with Crippen molar-refractivity contribution >= 4 is 29.8 Å². The van der Waals surface area contributed by atoms with Crippen LogP contribution in [0.25, 0.3) is 0 Å². The maximum absolute atomic E-state index is 12.2. The third-order valence-electron chi connectivity index (χ3n) is 3.03. The van der Waals surface area contributed by atoms with Crippen molar-refractivity contribution in [3.8, 4) is 0 Å². The molecule has 0 amide bonds. The standard InChI is InChI=1S/C12H18ClNO4S2/c1-9(12(2,3)4)14-20(17,18)11-7-5-6-10(8-11)19(13,15)16/h5-9,14H,1-4H3. The molecule has 0 aliphatic heterocycles. The summed E-state index contributed by atoms with van der Waals surface area (Å²) in [5.74, 6) is 0. The van der Waals surface area contributed by atoms with Gasteiger partial charge in [0, 0.05) is 16.7 Å². The Labute approximate surface area is 124 Å². The van der Waals surface area contributed by atoms with Gasteiger partial charge in [-0.1, -0.05) is 26.8 Å². The second-order valence-corrected chi connectivity index (χ2v) is 9.90. The highest BCUT2D eigenvalue weighted by molar-refractivity contribution is 8.13. The first-order chi connectivity index (χ1) is 8.84. The van der Waals surface area contributed by atoms with Gasteiger partial charge in [-0.15, -0.1) is 0 Å². The zero-order valence-electron chi connectivity index (χ0n) is 11.7. The zero-order valence-corrected chi connectivity index (χ0v) is 14.1. The van der Waals surface area contributed by atoms with E-state index in [9.17, 15) is 16.8 Å². The van der Waals surface area contributed by atoms with Crippen molar-refractivity contribution < 1.29 is 16.8 Å². The maximum atomic E-state index is 12.2. The first kappa shape index (κ1) is 17.4. The molecule has 1 unspecified atom stereocenters. The van der Waals surface area contributed by atoms with Gasteiger partial charge in [0.15, 0.2) is 0 Å². The van der Waals surface area contributed by atoms with Crippen LogP contribution in [0.2, 0.25) is 0 Å². The molecule has 0 saturated carbocycles. The summed E-state index contributed by atoms with van der Waals surface area (Å²) in [5.41, 5.74) is -0.261. The van der Waals surface area contributed by atoms with Gasteiger partial charge in [0.05, 0.1) is 9.79 Å². The summed E-state index contributed by atoms with van der Waals surface area (Å²) in [6, 6.07) is 4.63. The SMILES string of the molecule is CC(NS(=O)(=O)c1cccc(S(=O)(=O)Cl)c1)C(C)(C)C. The lowest BCUT2D eigenvalue weighted by Gasteiger charge is -2.27. The van der Waals surface area contributed by atoms with E-state index >= 15 is 0 Å². The zero-order chi connectivity index (χ0) is 15.8. The Kier molecular flexibility index (Phi) is 4.91. The van der Waals surface area contributed by atoms with Crippen LogP contribution in [-0.4, -0.2) is 22.9 Å². The minimum Gasteiger partial charge on any atom is -0.208 e. The molecule has 1 aromatic rings. The fourth-order valence-corrected chi connectivity index (χ4v) is 3.64. The van der Waals surface area contributed by atoms with Crippen LogP contribution in [0.1, 0.15) is 27.7 Å². The molecule has 1 atom stereocenters. The number of benzene rings is 1. The third kappa shape index (κ3) is 4.44. The van der Waals surface area contributed by atoms with Gasteiger partial charge in [-0.2, -0.15) is 0 Å². The van der Waals surface area contributed by atoms with Gasteiger partial charge in [0.25, 0.3) is 9.05 Å². The number of rotatable bonds is 4. The van der Waals surface area contributed by atoms with E-state index in [1.165, 1.54) is 18.2 Å². The summed E-state index contributed by atoms with van der Waals surface area (Å²) < 4.78 is 49.5. The summed E-state index contributed by atoms with van der Waals surface area (Å²) in [6.07, 6.45) is 0. The fourth-order valence-electron chi connectivity index (χ4n) is 1.27. The summed E-state index contributed by atoms with van der Waals surface area (Å²) in [5, 5.41) is 0. The van der Waals surface area contributed by atoms with Gasteiger partial charge in [-0.05, 0) is 30.5 Å². The molecule has 0 aromatic heterocycles. The van der Waals surface area contributed by atoms with Crippen molar-refractivity contribution in [3.05, 3.63) is 24.3 Å². The Balaban J connectivity index is 3.18. The smallest absolute Gasteiger partial charge is 0.208 e. The van der Waals surface area contributed by atoms with E-state index in [1.54, 1.807) is 6.92 Å². The minimum absolute atomic E-state index is 0.129. The topological polar surface area (TPSA) is 80.3 Å². The molecule has 20 heavy (non-hydrogen) atoms.